The first-order valence-corrected chi connectivity index (χ1v) is 5.22. The molecule has 0 aliphatic heterocycles. The van der Waals surface area contributed by atoms with Gasteiger partial charge in [0.1, 0.15) is 5.82 Å². The Balaban J connectivity index is 1.98. The van der Waals surface area contributed by atoms with Gasteiger partial charge in [-0.1, -0.05) is 12.1 Å². The smallest absolute Gasteiger partial charge is 0.126 e. The number of aromatic nitrogens is 1. The topological polar surface area (TPSA) is 74.7 Å². The molecule has 0 amide bonds. The number of rotatable bonds is 3. The highest BCUT2D eigenvalue weighted by atomic mass is 15.0. The molecule has 0 aliphatic rings. The summed E-state index contributed by atoms with van der Waals surface area (Å²) in [5.41, 5.74) is 7.96. The molecule has 0 unspecified atom stereocenters. The van der Waals surface area contributed by atoms with E-state index in [4.69, 9.17) is 11.0 Å². The molecule has 0 saturated heterocycles. The molecule has 0 fully saturated rings. The van der Waals surface area contributed by atoms with Crippen LogP contribution >= 0.6 is 0 Å². The fourth-order valence-corrected chi connectivity index (χ4v) is 1.40. The van der Waals surface area contributed by atoms with Crippen LogP contribution < -0.4 is 11.1 Å². The maximum absolute atomic E-state index is 8.67. The second-order valence-corrected chi connectivity index (χ2v) is 3.64. The SMILES string of the molecule is N#Cc1ccc(CNc2ccc(N)cn2)cc1. The van der Waals surface area contributed by atoms with Gasteiger partial charge in [-0.2, -0.15) is 5.26 Å². The third-order valence-corrected chi connectivity index (χ3v) is 2.34. The molecule has 4 nitrogen and oxygen atoms in total. The number of anilines is 2. The van der Waals surface area contributed by atoms with E-state index in [1.807, 2.05) is 18.2 Å². The van der Waals surface area contributed by atoms with E-state index in [-0.39, 0.29) is 0 Å². The molecule has 2 aromatic rings. The summed E-state index contributed by atoms with van der Waals surface area (Å²) in [5.74, 6) is 0.781. The summed E-state index contributed by atoms with van der Waals surface area (Å²) in [5, 5.41) is 11.9. The van der Waals surface area contributed by atoms with Crippen molar-refractivity contribution in [1.29, 1.82) is 5.26 Å². The predicted octanol–water partition coefficient (Wildman–Crippen LogP) is 2.15. The van der Waals surface area contributed by atoms with Crippen LogP contribution in [0.25, 0.3) is 0 Å². The number of nitrogen functional groups attached to an aromatic ring is 1. The standard InChI is InChI=1S/C13H12N4/c14-7-10-1-3-11(4-2-10)8-16-13-6-5-12(15)9-17-13/h1-6,9H,8,15H2,(H,16,17). The Labute approximate surface area is 99.7 Å². The Morgan fingerprint density at radius 2 is 1.94 bits per heavy atom. The van der Waals surface area contributed by atoms with Crippen LogP contribution in [0, 0.1) is 11.3 Å². The molecule has 0 spiro atoms. The molecule has 2 rings (SSSR count). The molecule has 84 valence electrons. The minimum absolute atomic E-state index is 0.647. The quantitative estimate of drug-likeness (QED) is 0.837. The second kappa shape index (κ2) is 4.99. The minimum atomic E-state index is 0.647. The van der Waals surface area contributed by atoms with E-state index in [1.165, 1.54) is 0 Å². The van der Waals surface area contributed by atoms with E-state index in [9.17, 15) is 0 Å². The van der Waals surface area contributed by atoms with Crippen LogP contribution in [0.4, 0.5) is 11.5 Å². The normalized spacial score (nSPS) is 9.59. The van der Waals surface area contributed by atoms with Crippen molar-refractivity contribution in [3.8, 4) is 6.07 Å². The minimum Gasteiger partial charge on any atom is -0.397 e. The van der Waals surface area contributed by atoms with Crippen molar-refractivity contribution in [2.75, 3.05) is 11.1 Å². The van der Waals surface area contributed by atoms with Crippen molar-refractivity contribution in [3.63, 3.8) is 0 Å². The number of hydrogen-bond donors (Lipinski definition) is 2. The third-order valence-electron chi connectivity index (χ3n) is 2.34. The van der Waals surface area contributed by atoms with Crippen LogP contribution in [0.2, 0.25) is 0 Å². The average molecular weight is 224 g/mol. The summed E-state index contributed by atoms with van der Waals surface area (Å²) in [6.07, 6.45) is 1.61. The van der Waals surface area contributed by atoms with Gasteiger partial charge in [-0.25, -0.2) is 4.98 Å². The zero-order chi connectivity index (χ0) is 12.1. The number of nitriles is 1. The zero-order valence-corrected chi connectivity index (χ0v) is 9.22. The molecule has 0 bridgehead atoms. The molecule has 1 heterocycles. The van der Waals surface area contributed by atoms with E-state index < -0.39 is 0 Å². The van der Waals surface area contributed by atoms with Gasteiger partial charge in [0.2, 0.25) is 0 Å². The molecule has 0 saturated carbocycles. The predicted molar refractivity (Wildman–Crippen MR) is 67.1 cm³/mol. The van der Waals surface area contributed by atoms with E-state index in [1.54, 1.807) is 24.4 Å². The average Bonchev–Trinajstić information content (AvgIpc) is 2.39. The maximum atomic E-state index is 8.67. The molecule has 0 radical (unpaired) electrons. The molecular weight excluding hydrogens is 212 g/mol. The number of nitrogens with zero attached hydrogens (tertiary/aromatic N) is 2. The lowest BCUT2D eigenvalue weighted by atomic mass is 10.1. The van der Waals surface area contributed by atoms with Crippen molar-refractivity contribution in [3.05, 3.63) is 53.7 Å². The number of nitrogens with two attached hydrogens (primary N) is 1. The zero-order valence-electron chi connectivity index (χ0n) is 9.22. The van der Waals surface area contributed by atoms with Gasteiger partial charge in [0.05, 0.1) is 23.5 Å². The van der Waals surface area contributed by atoms with Crippen LogP contribution in [0.3, 0.4) is 0 Å². The monoisotopic (exact) mass is 224 g/mol. The van der Waals surface area contributed by atoms with Gasteiger partial charge >= 0.3 is 0 Å². The Hall–Kier alpha value is -2.54. The van der Waals surface area contributed by atoms with Gasteiger partial charge in [0.25, 0.3) is 0 Å². The van der Waals surface area contributed by atoms with Gasteiger partial charge in [-0.3, -0.25) is 0 Å². The lowest BCUT2D eigenvalue weighted by Gasteiger charge is -2.05. The van der Waals surface area contributed by atoms with E-state index in [0.29, 0.717) is 17.8 Å². The van der Waals surface area contributed by atoms with Crippen molar-refractivity contribution in [1.82, 2.24) is 4.98 Å². The summed E-state index contributed by atoms with van der Waals surface area (Å²) in [6, 6.07) is 13.2. The Morgan fingerprint density at radius 3 is 2.53 bits per heavy atom. The number of benzene rings is 1. The highest BCUT2D eigenvalue weighted by molar-refractivity contribution is 5.44. The van der Waals surface area contributed by atoms with Gasteiger partial charge in [-0.15, -0.1) is 0 Å². The lowest BCUT2D eigenvalue weighted by molar-refractivity contribution is 1.11. The summed E-state index contributed by atoms with van der Waals surface area (Å²) in [4.78, 5) is 4.14. The first-order chi connectivity index (χ1) is 8.28. The molecular formula is C13H12N4. The van der Waals surface area contributed by atoms with Crippen molar-refractivity contribution >= 4 is 11.5 Å². The van der Waals surface area contributed by atoms with Crippen molar-refractivity contribution < 1.29 is 0 Å². The lowest BCUT2D eigenvalue weighted by Crippen LogP contribution is -2.01. The molecule has 17 heavy (non-hydrogen) atoms. The summed E-state index contributed by atoms with van der Waals surface area (Å²) < 4.78 is 0. The molecule has 0 atom stereocenters. The van der Waals surface area contributed by atoms with Crippen LogP contribution in [0.1, 0.15) is 11.1 Å². The van der Waals surface area contributed by atoms with E-state index >= 15 is 0 Å². The van der Waals surface area contributed by atoms with Crippen LogP contribution in [-0.4, -0.2) is 4.98 Å². The van der Waals surface area contributed by atoms with Crippen molar-refractivity contribution in [2.45, 2.75) is 6.54 Å². The largest absolute Gasteiger partial charge is 0.397 e. The second-order valence-electron chi connectivity index (χ2n) is 3.64. The number of pyridine rings is 1. The summed E-state index contributed by atoms with van der Waals surface area (Å²) in [6.45, 7) is 0.669. The first-order valence-electron chi connectivity index (χ1n) is 5.22. The Morgan fingerprint density at radius 1 is 1.18 bits per heavy atom. The maximum Gasteiger partial charge on any atom is 0.126 e. The van der Waals surface area contributed by atoms with Crippen LogP contribution in [0.5, 0.6) is 0 Å². The molecule has 0 aliphatic carbocycles. The van der Waals surface area contributed by atoms with Gasteiger partial charge < -0.3 is 11.1 Å². The fourth-order valence-electron chi connectivity index (χ4n) is 1.40. The van der Waals surface area contributed by atoms with Crippen LogP contribution in [-0.2, 0) is 6.54 Å². The van der Waals surface area contributed by atoms with Gasteiger partial charge in [0.15, 0.2) is 0 Å². The number of hydrogen-bond acceptors (Lipinski definition) is 4. The van der Waals surface area contributed by atoms with Gasteiger partial charge in [-0.05, 0) is 29.8 Å². The Bertz CT molecular complexity index is 523. The molecule has 1 aromatic heterocycles. The summed E-state index contributed by atoms with van der Waals surface area (Å²) >= 11 is 0. The summed E-state index contributed by atoms with van der Waals surface area (Å²) in [7, 11) is 0. The van der Waals surface area contributed by atoms with Gasteiger partial charge in [0, 0.05) is 6.54 Å². The molecule has 3 N–H and O–H groups in total. The van der Waals surface area contributed by atoms with E-state index in [2.05, 4.69) is 16.4 Å². The van der Waals surface area contributed by atoms with Crippen molar-refractivity contribution in [2.24, 2.45) is 0 Å². The third kappa shape index (κ3) is 2.95. The molecule has 4 heteroatoms. The van der Waals surface area contributed by atoms with E-state index in [0.717, 1.165) is 11.4 Å². The Kier molecular flexibility index (Phi) is 3.22. The molecule has 1 aromatic carbocycles. The highest BCUT2D eigenvalue weighted by Gasteiger charge is 1.96. The fraction of sp³-hybridized carbons (Fsp3) is 0.0769. The van der Waals surface area contributed by atoms with Crippen LogP contribution in [0.15, 0.2) is 42.6 Å². The number of nitrogens with one attached hydrogen (secondary N) is 1. The highest BCUT2D eigenvalue weighted by Crippen LogP contribution is 2.09. The first kappa shape index (κ1) is 11.0.